The van der Waals surface area contributed by atoms with E-state index < -0.39 is 16.1 Å². The smallest absolute Gasteiger partial charge is 0.261 e. The Morgan fingerprint density at radius 3 is 2.24 bits per heavy atom. The zero-order valence-corrected chi connectivity index (χ0v) is 23.8. The van der Waals surface area contributed by atoms with Gasteiger partial charge in [0.15, 0.2) is 0 Å². The van der Waals surface area contributed by atoms with Gasteiger partial charge in [-0.05, 0) is 78.2 Å². The van der Waals surface area contributed by atoms with Crippen LogP contribution in [0.3, 0.4) is 0 Å². The lowest BCUT2D eigenvalue weighted by atomic mass is 10.1. The molecule has 0 unspecified atom stereocenters. The number of sulfonamides is 1. The molecule has 0 aliphatic heterocycles. The van der Waals surface area contributed by atoms with E-state index in [9.17, 15) is 17.9 Å². The first-order valence-corrected chi connectivity index (χ1v) is 15.6. The van der Waals surface area contributed by atoms with Gasteiger partial charge >= 0.3 is 0 Å². The second-order valence-corrected chi connectivity index (χ2v) is 12.3. The summed E-state index contributed by atoms with van der Waals surface area (Å²) in [5.74, 6) is -0.286. The third kappa shape index (κ3) is 7.86. The molecule has 5 aromatic rings. The van der Waals surface area contributed by atoms with Crippen molar-refractivity contribution >= 4 is 27.0 Å². The average molecular weight is 588 g/mol. The summed E-state index contributed by atoms with van der Waals surface area (Å²) in [6, 6.07) is 29.8. The molecule has 4 aromatic carbocycles. The minimum Gasteiger partial charge on any atom is -0.387 e. The molecule has 3 N–H and O–H groups in total. The predicted octanol–water partition coefficient (Wildman–Crippen LogP) is 6.21. The van der Waals surface area contributed by atoms with Crippen LogP contribution < -0.4 is 10.0 Å². The van der Waals surface area contributed by atoms with Crippen molar-refractivity contribution in [2.45, 2.75) is 23.8 Å². The van der Waals surface area contributed by atoms with E-state index in [1.165, 1.54) is 23.5 Å². The molecule has 9 heteroatoms. The van der Waals surface area contributed by atoms with Gasteiger partial charge in [-0.25, -0.2) is 17.8 Å². The highest BCUT2D eigenvalue weighted by molar-refractivity contribution is 7.92. The van der Waals surface area contributed by atoms with E-state index in [-0.39, 0.29) is 10.7 Å². The van der Waals surface area contributed by atoms with Crippen LogP contribution in [0, 0.1) is 5.82 Å². The minimum absolute atomic E-state index is 0.178. The highest BCUT2D eigenvalue weighted by Gasteiger charge is 2.15. The van der Waals surface area contributed by atoms with Gasteiger partial charge in [-0.15, -0.1) is 11.3 Å². The topological polar surface area (TPSA) is 91.3 Å². The zero-order chi connectivity index (χ0) is 28.7. The van der Waals surface area contributed by atoms with Gasteiger partial charge in [0.25, 0.3) is 10.0 Å². The molecule has 1 aromatic heterocycles. The number of aliphatic hydroxyl groups excluding tert-OH is 1. The molecule has 0 aliphatic rings. The SMILES string of the molecule is O=S(=O)(Nc1ccc(CCNC[C@H](O)c2ccccc2)cc1)c1ccc(Cc2nc(-c3ccc(F)cc3)cs2)cc1. The van der Waals surface area contributed by atoms with Crippen molar-refractivity contribution in [3.8, 4) is 11.3 Å². The summed E-state index contributed by atoms with van der Waals surface area (Å²) < 4.78 is 41.7. The highest BCUT2D eigenvalue weighted by Crippen LogP contribution is 2.25. The number of nitrogens with one attached hydrogen (secondary N) is 2. The fraction of sp³-hybridized carbons (Fsp3) is 0.156. The Kier molecular flexibility index (Phi) is 9.21. The van der Waals surface area contributed by atoms with E-state index >= 15 is 0 Å². The fourth-order valence-electron chi connectivity index (χ4n) is 4.32. The maximum atomic E-state index is 13.2. The van der Waals surface area contributed by atoms with E-state index in [4.69, 9.17) is 0 Å². The Morgan fingerprint density at radius 2 is 1.54 bits per heavy atom. The third-order valence-corrected chi connectivity index (χ3v) is 8.85. The van der Waals surface area contributed by atoms with Crippen molar-refractivity contribution in [2.75, 3.05) is 17.8 Å². The van der Waals surface area contributed by atoms with E-state index in [0.717, 1.165) is 39.4 Å². The average Bonchev–Trinajstić information content (AvgIpc) is 3.45. The van der Waals surface area contributed by atoms with Crippen molar-refractivity contribution in [1.29, 1.82) is 0 Å². The normalized spacial score (nSPS) is 12.2. The molecule has 0 saturated carbocycles. The minimum atomic E-state index is -3.74. The number of thiazole rings is 1. The molecule has 5 rings (SSSR count). The highest BCUT2D eigenvalue weighted by atomic mass is 32.2. The van der Waals surface area contributed by atoms with Crippen molar-refractivity contribution in [1.82, 2.24) is 10.3 Å². The summed E-state index contributed by atoms with van der Waals surface area (Å²) in [7, 11) is -3.74. The first-order chi connectivity index (χ1) is 19.9. The van der Waals surface area contributed by atoms with Crippen LogP contribution in [0.5, 0.6) is 0 Å². The van der Waals surface area contributed by atoms with Gasteiger partial charge in [0.2, 0.25) is 0 Å². The van der Waals surface area contributed by atoms with E-state index in [2.05, 4.69) is 15.0 Å². The Bertz CT molecular complexity index is 1660. The fourth-order valence-corrected chi connectivity index (χ4v) is 6.22. The number of aromatic nitrogens is 1. The lowest BCUT2D eigenvalue weighted by Gasteiger charge is -2.12. The molecule has 0 saturated heterocycles. The lowest BCUT2D eigenvalue weighted by Crippen LogP contribution is -2.23. The maximum Gasteiger partial charge on any atom is 0.261 e. The van der Waals surface area contributed by atoms with Crippen LogP contribution in [0.25, 0.3) is 11.3 Å². The summed E-state index contributed by atoms with van der Waals surface area (Å²) in [5.41, 5.74) is 5.01. The van der Waals surface area contributed by atoms with Gasteiger partial charge in [0, 0.05) is 29.6 Å². The molecule has 0 spiro atoms. The molecule has 6 nitrogen and oxygen atoms in total. The molecule has 0 fully saturated rings. The zero-order valence-electron chi connectivity index (χ0n) is 22.2. The van der Waals surface area contributed by atoms with Gasteiger partial charge in [-0.1, -0.05) is 54.6 Å². The molecule has 1 heterocycles. The summed E-state index contributed by atoms with van der Waals surface area (Å²) in [4.78, 5) is 4.81. The first-order valence-electron chi connectivity index (χ1n) is 13.2. The second kappa shape index (κ2) is 13.2. The number of anilines is 1. The van der Waals surface area contributed by atoms with Crippen molar-refractivity contribution in [3.63, 3.8) is 0 Å². The number of aliphatic hydroxyl groups is 1. The standard InChI is InChI=1S/C32H30FN3O3S2/c33-27-12-10-25(11-13-27)30-22-40-32(35-30)20-24-8-16-29(17-9-24)41(38,39)36-28-14-6-23(7-15-28)18-19-34-21-31(37)26-4-2-1-3-5-26/h1-17,22,31,34,36-37H,18-21H2/t31-/m0/s1. The van der Waals surface area contributed by atoms with Gasteiger partial charge in [-0.2, -0.15) is 0 Å². The number of nitrogens with zero attached hydrogens (tertiary/aromatic N) is 1. The molecule has 0 aliphatic carbocycles. The molecule has 41 heavy (non-hydrogen) atoms. The molecule has 0 radical (unpaired) electrons. The van der Waals surface area contributed by atoms with Gasteiger partial charge in [0.1, 0.15) is 5.82 Å². The second-order valence-electron chi connectivity index (χ2n) is 9.64. The Hall–Kier alpha value is -3.89. The molecule has 0 bridgehead atoms. The quantitative estimate of drug-likeness (QED) is 0.151. The summed E-state index contributed by atoms with van der Waals surface area (Å²) in [5, 5.41) is 16.3. The van der Waals surface area contributed by atoms with Gasteiger partial charge < -0.3 is 10.4 Å². The number of halogens is 1. The first kappa shape index (κ1) is 28.6. The Morgan fingerprint density at radius 1 is 0.854 bits per heavy atom. The number of hydrogen-bond donors (Lipinski definition) is 3. The van der Waals surface area contributed by atoms with Gasteiger partial charge in [-0.3, -0.25) is 4.72 Å². The van der Waals surface area contributed by atoms with Crippen LogP contribution in [0.4, 0.5) is 10.1 Å². The van der Waals surface area contributed by atoms with Crippen molar-refractivity contribution < 1.29 is 17.9 Å². The lowest BCUT2D eigenvalue weighted by molar-refractivity contribution is 0.175. The largest absolute Gasteiger partial charge is 0.387 e. The molecule has 1 atom stereocenters. The predicted molar refractivity (Wildman–Crippen MR) is 162 cm³/mol. The van der Waals surface area contributed by atoms with E-state index in [1.54, 1.807) is 48.5 Å². The van der Waals surface area contributed by atoms with Crippen LogP contribution in [0.15, 0.2) is 113 Å². The molecule has 0 amide bonds. The number of hydrogen-bond acceptors (Lipinski definition) is 6. The Balaban J connectivity index is 1.11. The van der Waals surface area contributed by atoms with Crippen LogP contribution >= 0.6 is 11.3 Å². The summed E-state index contributed by atoms with van der Waals surface area (Å²) in [6.45, 7) is 1.15. The van der Waals surface area contributed by atoms with E-state index in [1.807, 2.05) is 47.8 Å². The third-order valence-electron chi connectivity index (χ3n) is 6.60. The summed E-state index contributed by atoms with van der Waals surface area (Å²) >= 11 is 1.51. The van der Waals surface area contributed by atoms with Crippen molar-refractivity contribution in [3.05, 3.63) is 136 Å². The maximum absolute atomic E-state index is 13.2. The van der Waals surface area contributed by atoms with E-state index in [0.29, 0.717) is 25.2 Å². The van der Waals surface area contributed by atoms with Crippen LogP contribution in [-0.2, 0) is 22.9 Å². The van der Waals surface area contributed by atoms with Crippen LogP contribution in [0.2, 0.25) is 0 Å². The number of benzene rings is 4. The van der Waals surface area contributed by atoms with Crippen LogP contribution in [0.1, 0.15) is 27.8 Å². The molecule has 210 valence electrons. The monoisotopic (exact) mass is 587 g/mol. The van der Waals surface area contributed by atoms with Gasteiger partial charge in [0.05, 0.1) is 21.7 Å². The molecular formula is C32H30FN3O3S2. The van der Waals surface area contributed by atoms with Crippen LogP contribution in [-0.4, -0.2) is 31.6 Å². The molecular weight excluding hydrogens is 558 g/mol. The summed E-state index contributed by atoms with van der Waals surface area (Å²) in [6.07, 6.45) is 0.761. The Labute approximate surface area is 243 Å². The number of rotatable bonds is 12. The van der Waals surface area contributed by atoms with Crippen molar-refractivity contribution in [2.24, 2.45) is 0 Å².